The predicted octanol–water partition coefficient (Wildman–Crippen LogP) is 1.32. The minimum Gasteiger partial charge on any atom is -0.464 e. The van der Waals surface area contributed by atoms with Crippen molar-refractivity contribution in [1.82, 2.24) is 5.32 Å². The van der Waals surface area contributed by atoms with Gasteiger partial charge in [-0.1, -0.05) is 24.0 Å². The van der Waals surface area contributed by atoms with E-state index in [2.05, 4.69) is 5.32 Å². The van der Waals surface area contributed by atoms with Crippen LogP contribution in [0.25, 0.3) is 0 Å². The first kappa shape index (κ1) is 10.8. The van der Waals surface area contributed by atoms with E-state index in [1.807, 2.05) is 13.8 Å². The Morgan fingerprint density at radius 1 is 1.77 bits per heavy atom. The summed E-state index contributed by atoms with van der Waals surface area (Å²) in [7, 11) is 0. The van der Waals surface area contributed by atoms with E-state index in [0.29, 0.717) is 10.9 Å². The van der Waals surface area contributed by atoms with Crippen LogP contribution < -0.4 is 5.32 Å². The average Bonchev–Trinajstić information content (AvgIpc) is 2.24. The predicted molar refractivity (Wildman–Crippen MR) is 57.8 cm³/mol. The van der Waals surface area contributed by atoms with Crippen LogP contribution in [0.2, 0.25) is 0 Å². The molecule has 1 fully saturated rings. The van der Waals surface area contributed by atoms with Crippen molar-refractivity contribution in [3.63, 3.8) is 0 Å². The van der Waals surface area contributed by atoms with Crippen molar-refractivity contribution in [2.75, 3.05) is 6.61 Å². The van der Waals surface area contributed by atoms with Crippen LogP contribution >= 0.6 is 24.0 Å². The second-order valence-corrected chi connectivity index (χ2v) is 5.65. The van der Waals surface area contributed by atoms with Crippen molar-refractivity contribution < 1.29 is 9.53 Å². The standard InChI is InChI=1S/C8H13NO2S2/c1-4-11-6(10)5-8(2,3)13-7(12)9-5/h5H,4H2,1-3H3,(H,9,12). The summed E-state index contributed by atoms with van der Waals surface area (Å²) in [5.41, 5.74) is 0. The zero-order valence-corrected chi connectivity index (χ0v) is 9.55. The van der Waals surface area contributed by atoms with Gasteiger partial charge in [-0.05, 0) is 20.8 Å². The molecular weight excluding hydrogens is 206 g/mol. The molecule has 13 heavy (non-hydrogen) atoms. The third-order valence-corrected chi connectivity index (χ3v) is 3.27. The van der Waals surface area contributed by atoms with Crippen LogP contribution in [-0.4, -0.2) is 27.7 Å². The molecule has 0 aromatic rings. The van der Waals surface area contributed by atoms with E-state index in [-0.39, 0.29) is 16.8 Å². The van der Waals surface area contributed by atoms with Crippen LogP contribution in [0.5, 0.6) is 0 Å². The van der Waals surface area contributed by atoms with Gasteiger partial charge in [0.05, 0.1) is 6.61 Å². The summed E-state index contributed by atoms with van der Waals surface area (Å²) in [6.45, 7) is 6.16. The minimum absolute atomic E-state index is 0.205. The molecule has 0 radical (unpaired) electrons. The van der Waals surface area contributed by atoms with E-state index in [1.54, 1.807) is 6.92 Å². The zero-order valence-electron chi connectivity index (χ0n) is 7.92. The SMILES string of the molecule is CCOC(=O)C1NC(=S)SC1(C)C. The minimum atomic E-state index is -0.315. The van der Waals surface area contributed by atoms with E-state index in [1.165, 1.54) is 11.8 Å². The second-order valence-electron chi connectivity index (χ2n) is 3.32. The van der Waals surface area contributed by atoms with Crippen LogP contribution in [0.15, 0.2) is 0 Å². The molecule has 74 valence electrons. The van der Waals surface area contributed by atoms with Gasteiger partial charge in [-0.15, -0.1) is 0 Å². The highest BCUT2D eigenvalue weighted by atomic mass is 32.2. The number of esters is 1. The van der Waals surface area contributed by atoms with Crippen molar-refractivity contribution in [3.05, 3.63) is 0 Å². The maximum atomic E-state index is 11.4. The van der Waals surface area contributed by atoms with E-state index in [9.17, 15) is 4.79 Å². The summed E-state index contributed by atoms with van der Waals surface area (Å²) < 4.78 is 5.40. The summed E-state index contributed by atoms with van der Waals surface area (Å²) in [5.74, 6) is -0.222. The number of hydrogen-bond acceptors (Lipinski definition) is 4. The fraction of sp³-hybridized carbons (Fsp3) is 0.750. The number of rotatable bonds is 2. The van der Waals surface area contributed by atoms with Crippen LogP contribution in [0.4, 0.5) is 0 Å². The Labute approximate surface area is 87.6 Å². The van der Waals surface area contributed by atoms with Crippen molar-refractivity contribution in [3.8, 4) is 0 Å². The fourth-order valence-electron chi connectivity index (χ4n) is 1.19. The Morgan fingerprint density at radius 3 is 2.77 bits per heavy atom. The summed E-state index contributed by atoms with van der Waals surface area (Å²) in [4.78, 5) is 11.4. The van der Waals surface area contributed by atoms with Gasteiger partial charge in [-0.25, -0.2) is 4.79 Å². The largest absolute Gasteiger partial charge is 0.464 e. The highest BCUT2D eigenvalue weighted by molar-refractivity contribution is 8.24. The van der Waals surface area contributed by atoms with E-state index in [0.717, 1.165) is 0 Å². The van der Waals surface area contributed by atoms with Gasteiger partial charge in [-0.2, -0.15) is 0 Å². The highest BCUT2D eigenvalue weighted by Crippen LogP contribution is 2.35. The lowest BCUT2D eigenvalue weighted by atomic mass is 10.0. The lowest BCUT2D eigenvalue weighted by Crippen LogP contribution is -2.45. The number of thioether (sulfide) groups is 1. The first-order valence-electron chi connectivity index (χ1n) is 4.13. The smallest absolute Gasteiger partial charge is 0.330 e. The molecule has 0 spiro atoms. The molecule has 3 nitrogen and oxygen atoms in total. The van der Waals surface area contributed by atoms with Gasteiger partial charge in [0.1, 0.15) is 10.4 Å². The number of thiocarbonyl (C=S) groups is 1. The van der Waals surface area contributed by atoms with E-state index in [4.69, 9.17) is 17.0 Å². The number of carbonyl (C=O) groups excluding carboxylic acids is 1. The van der Waals surface area contributed by atoms with Gasteiger partial charge in [0.2, 0.25) is 0 Å². The van der Waals surface area contributed by atoms with Crippen LogP contribution in [0.1, 0.15) is 20.8 Å². The molecule has 1 aliphatic heterocycles. The summed E-state index contributed by atoms with van der Waals surface area (Å²) in [6, 6.07) is -0.315. The third-order valence-electron chi connectivity index (χ3n) is 1.84. The molecule has 0 saturated carbocycles. The van der Waals surface area contributed by atoms with Gasteiger partial charge in [0, 0.05) is 4.75 Å². The highest BCUT2D eigenvalue weighted by Gasteiger charge is 2.43. The lowest BCUT2D eigenvalue weighted by molar-refractivity contribution is -0.145. The molecule has 1 atom stereocenters. The molecule has 5 heteroatoms. The van der Waals surface area contributed by atoms with Crippen molar-refractivity contribution >= 4 is 34.3 Å². The topological polar surface area (TPSA) is 38.3 Å². The molecule has 0 bridgehead atoms. The molecule has 1 aliphatic rings. The quantitative estimate of drug-likeness (QED) is 0.560. The average molecular weight is 219 g/mol. The third kappa shape index (κ3) is 2.34. The Kier molecular flexibility index (Phi) is 3.18. The summed E-state index contributed by atoms with van der Waals surface area (Å²) in [6.07, 6.45) is 0. The van der Waals surface area contributed by atoms with E-state index >= 15 is 0 Å². The molecule has 0 amide bonds. The molecule has 1 rings (SSSR count). The van der Waals surface area contributed by atoms with Gasteiger partial charge >= 0.3 is 5.97 Å². The number of hydrogen-bond donors (Lipinski definition) is 1. The summed E-state index contributed by atoms with van der Waals surface area (Å²) in [5, 5.41) is 2.95. The lowest BCUT2D eigenvalue weighted by Gasteiger charge is -2.22. The first-order valence-corrected chi connectivity index (χ1v) is 5.36. The molecular formula is C8H13NO2S2. The van der Waals surface area contributed by atoms with Crippen LogP contribution in [0, 0.1) is 0 Å². The van der Waals surface area contributed by atoms with Crippen molar-refractivity contribution in [2.45, 2.75) is 31.6 Å². The molecule has 1 saturated heterocycles. The fourth-order valence-corrected chi connectivity index (χ4v) is 2.88. The van der Waals surface area contributed by atoms with Crippen LogP contribution in [0.3, 0.4) is 0 Å². The Balaban J connectivity index is 2.69. The van der Waals surface area contributed by atoms with Gasteiger partial charge in [0.15, 0.2) is 0 Å². The Morgan fingerprint density at radius 2 is 2.38 bits per heavy atom. The van der Waals surface area contributed by atoms with Crippen molar-refractivity contribution in [2.24, 2.45) is 0 Å². The molecule has 0 aliphatic carbocycles. The monoisotopic (exact) mass is 219 g/mol. The maximum absolute atomic E-state index is 11.4. The van der Waals surface area contributed by atoms with Crippen molar-refractivity contribution in [1.29, 1.82) is 0 Å². The zero-order chi connectivity index (χ0) is 10.1. The Hall–Kier alpha value is -0.290. The summed E-state index contributed by atoms with van der Waals surface area (Å²) >= 11 is 6.50. The molecule has 1 N–H and O–H groups in total. The second kappa shape index (κ2) is 3.84. The maximum Gasteiger partial charge on any atom is 0.330 e. The molecule has 1 unspecified atom stereocenters. The number of ether oxygens (including phenoxy) is 1. The van der Waals surface area contributed by atoms with Gasteiger partial charge < -0.3 is 10.1 Å². The van der Waals surface area contributed by atoms with E-state index < -0.39 is 0 Å². The number of nitrogens with one attached hydrogen (secondary N) is 1. The normalized spacial score (nSPS) is 25.5. The first-order chi connectivity index (χ1) is 5.97. The molecule has 1 heterocycles. The Bertz CT molecular complexity index is 240. The number of carbonyl (C=O) groups is 1. The van der Waals surface area contributed by atoms with Gasteiger partial charge in [0.25, 0.3) is 0 Å². The molecule has 0 aromatic carbocycles. The van der Waals surface area contributed by atoms with Crippen LogP contribution in [-0.2, 0) is 9.53 Å². The van der Waals surface area contributed by atoms with Gasteiger partial charge in [-0.3, -0.25) is 0 Å². The molecule has 0 aromatic heterocycles.